The van der Waals surface area contributed by atoms with Crippen LogP contribution < -0.4 is 10.1 Å². The van der Waals surface area contributed by atoms with Crippen molar-refractivity contribution in [3.8, 4) is 5.75 Å². The zero-order valence-electron chi connectivity index (χ0n) is 12.3. The van der Waals surface area contributed by atoms with E-state index in [1.807, 2.05) is 6.92 Å². The van der Waals surface area contributed by atoms with Gasteiger partial charge in [0.2, 0.25) is 5.91 Å². The number of ether oxygens (including phenoxy) is 1. The van der Waals surface area contributed by atoms with Gasteiger partial charge in [-0.3, -0.25) is 14.9 Å². The van der Waals surface area contributed by atoms with Gasteiger partial charge in [-0.1, -0.05) is 12.1 Å². The van der Waals surface area contributed by atoms with Crippen LogP contribution in [0.3, 0.4) is 0 Å². The molecule has 0 aromatic heterocycles. The van der Waals surface area contributed by atoms with Gasteiger partial charge in [0.05, 0.1) is 4.92 Å². The lowest BCUT2D eigenvalue weighted by molar-refractivity contribution is -0.385. The zero-order chi connectivity index (χ0) is 16.1. The smallest absolute Gasteiger partial charge is 0.269 e. The van der Waals surface area contributed by atoms with Crippen LogP contribution in [0, 0.1) is 10.1 Å². The zero-order valence-corrected chi connectivity index (χ0v) is 12.3. The van der Waals surface area contributed by atoms with Crippen LogP contribution in [0.1, 0.15) is 25.5 Å². The molecule has 0 aliphatic carbocycles. The summed E-state index contributed by atoms with van der Waals surface area (Å²) in [6.45, 7) is 3.26. The Morgan fingerprint density at radius 1 is 1.23 bits per heavy atom. The van der Waals surface area contributed by atoms with Gasteiger partial charge in [-0.15, -0.1) is 0 Å². The maximum Gasteiger partial charge on any atom is 0.269 e. The summed E-state index contributed by atoms with van der Waals surface area (Å²) in [6, 6.07) is 13.3. The molecule has 2 aromatic rings. The molecular formula is C16H16N2O4. The number of benzene rings is 2. The molecule has 0 aliphatic heterocycles. The number of carbonyl (C=O) groups excluding carboxylic acids is 1. The summed E-state index contributed by atoms with van der Waals surface area (Å²) in [7, 11) is 0. The third kappa shape index (κ3) is 4.05. The summed E-state index contributed by atoms with van der Waals surface area (Å²) < 4.78 is 5.76. The molecular weight excluding hydrogens is 284 g/mol. The highest BCUT2D eigenvalue weighted by molar-refractivity contribution is 5.88. The van der Waals surface area contributed by atoms with E-state index in [9.17, 15) is 14.9 Å². The highest BCUT2D eigenvalue weighted by Gasteiger charge is 2.12. The summed E-state index contributed by atoms with van der Waals surface area (Å²) in [5.74, 6) is 0.478. The Morgan fingerprint density at radius 2 is 1.91 bits per heavy atom. The van der Waals surface area contributed by atoms with E-state index >= 15 is 0 Å². The number of nitro benzene ring substituents is 1. The number of nitrogens with one attached hydrogen (secondary N) is 1. The first-order valence-corrected chi connectivity index (χ1v) is 6.74. The molecule has 0 aliphatic rings. The lowest BCUT2D eigenvalue weighted by Gasteiger charge is -2.15. The van der Waals surface area contributed by atoms with Crippen molar-refractivity contribution in [2.24, 2.45) is 0 Å². The molecule has 0 saturated heterocycles. The van der Waals surface area contributed by atoms with Gasteiger partial charge in [-0.2, -0.15) is 0 Å². The number of nitrogens with zero attached hydrogens (tertiary/aromatic N) is 1. The van der Waals surface area contributed by atoms with Crippen molar-refractivity contribution in [2.45, 2.75) is 20.0 Å². The monoisotopic (exact) mass is 300 g/mol. The number of carbonyl (C=O) groups is 1. The third-order valence-corrected chi connectivity index (χ3v) is 3.04. The Labute approximate surface area is 127 Å². The molecule has 22 heavy (non-hydrogen) atoms. The molecule has 114 valence electrons. The highest BCUT2D eigenvalue weighted by Crippen LogP contribution is 2.25. The first kappa shape index (κ1) is 15.5. The van der Waals surface area contributed by atoms with E-state index in [2.05, 4.69) is 5.32 Å². The van der Waals surface area contributed by atoms with E-state index in [1.54, 1.807) is 36.4 Å². The van der Waals surface area contributed by atoms with Gasteiger partial charge in [0.15, 0.2) is 0 Å². The van der Waals surface area contributed by atoms with Crippen LogP contribution >= 0.6 is 0 Å². The van der Waals surface area contributed by atoms with E-state index in [1.165, 1.54) is 19.1 Å². The lowest BCUT2D eigenvalue weighted by Crippen LogP contribution is -2.06. The van der Waals surface area contributed by atoms with Crippen LogP contribution in [0.15, 0.2) is 48.5 Å². The largest absolute Gasteiger partial charge is 0.486 e. The second-order valence-electron chi connectivity index (χ2n) is 4.82. The first-order chi connectivity index (χ1) is 10.5. The van der Waals surface area contributed by atoms with E-state index in [0.29, 0.717) is 11.4 Å². The van der Waals surface area contributed by atoms with E-state index in [0.717, 1.165) is 5.56 Å². The molecule has 6 nitrogen and oxygen atoms in total. The summed E-state index contributed by atoms with van der Waals surface area (Å²) >= 11 is 0. The summed E-state index contributed by atoms with van der Waals surface area (Å²) in [4.78, 5) is 21.3. The minimum absolute atomic E-state index is 0.0361. The normalized spacial score (nSPS) is 11.5. The van der Waals surface area contributed by atoms with Crippen molar-refractivity contribution in [3.05, 3.63) is 64.2 Å². The molecule has 0 spiro atoms. The molecule has 1 N–H and O–H groups in total. The third-order valence-electron chi connectivity index (χ3n) is 3.04. The number of hydrogen-bond donors (Lipinski definition) is 1. The fourth-order valence-corrected chi connectivity index (χ4v) is 1.98. The van der Waals surface area contributed by atoms with Crippen molar-refractivity contribution in [1.29, 1.82) is 0 Å². The van der Waals surface area contributed by atoms with Gasteiger partial charge in [0.1, 0.15) is 11.9 Å². The van der Waals surface area contributed by atoms with Crippen LogP contribution in [-0.4, -0.2) is 10.8 Å². The first-order valence-electron chi connectivity index (χ1n) is 6.74. The summed E-state index contributed by atoms with van der Waals surface area (Å²) in [5.41, 5.74) is 1.44. The molecule has 0 radical (unpaired) electrons. The number of nitro groups is 1. The van der Waals surface area contributed by atoms with Crippen molar-refractivity contribution in [3.63, 3.8) is 0 Å². The second kappa shape index (κ2) is 6.71. The fraction of sp³-hybridized carbons (Fsp3) is 0.188. The Kier molecular flexibility index (Phi) is 4.73. The maximum absolute atomic E-state index is 11.0. The number of amides is 1. The number of non-ortho nitro benzene ring substituents is 1. The van der Waals surface area contributed by atoms with E-state index in [4.69, 9.17) is 4.74 Å². The van der Waals surface area contributed by atoms with Crippen LogP contribution in [-0.2, 0) is 4.79 Å². The van der Waals surface area contributed by atoms with Crippen molar-refractivity contribution in [2.75, 3.05) is 5.32 Å². The number of hydrogen-bond acceptors (Lipinski definition) is 4. The standard InChI is InChI=1S/C16H16N2O4/c1-11(13-4-3-5-15(10-13)18(20)21)22-16-8-6-14(7-9-16)17-12(2)19/h3-11H,1-2H3,(H,17,19)/t11-/m0/s1. The molecule has 0 fully saturated rings. The van der Waals surface area contributed by atoms with Gasteiger partial charge in [-0.05, 0) is 36.8 Å². The van der Waals surface area contributed by atoms with Crippen LogP contribution in [0.25, 0.3) is 0 Å². The predicted molar refractivity (Wildman–Crippen MR) is 82.9 cm³/mol. The Morgan fingerprint density at radius 3 is 2.50 bits per heavy atom. The van der Waals surface area contributed by atoms with Crippen molar-refractivity contribution < 1.29 is 14.5 Å². The van der Waals surface area contributed by atoms with Crippen molar-refractivity contribution in [1.82, 2.24) is 0 Å². The van der Waals surface area contributed by atoms with Gasteiger partial charge >= 0.3 is 0 Å². The second-order valence-corrected chi connectivity index (χ2v) is 4.82. The van der Waals surface area contributed by atoms with Gasteiger partial charge in [0.25, 0.3) is 5.69 Å². The molecule has 0 bridgehead atoms. The Hall–Kier alpha value is -2.89. The molecule has 2 aromatic carbocycles. The lowest BCUT2D eigenvalue weighted by atomic mass is 10.1. The highest BCUT2D eigenvalue weighted by atomic mass is 16.6. The number of anilines is 1. The van der Waals surface area contributed by atoms with Gasteiger partial charge in [0, 0.05) is 24.7 Å². The minimum atomic E-state index is -0.432. The van der Waals surface area contributed by atoms with E-state index in [-0.39, 0.29) is 17.7 Å². The maximum atomic E-state index is 11.0. The molecule has 0 unspecified atom stereocenters. The molecule has 2 rings (SSSR count). The Balaban J connectivity index is 2.08. The van der Waals surface area contributed by atoms with Gasteiger partial charge < -0.3 is 10.1 Å². The van der Waals surface area contributed by atoms with Crippen molar-refractivity contribution >= 4 is 17.3 Å². The summed E-state index contributed by atoms with van der Waals surface area (Å²) in [5, 5.41) is 13.5. The van der Waals surface area contributed by atoms with Crippen LogP contribution in [0.5, 0.6) is 5.75 Å². The Bertz CT molecular complexity index is 683. The molecule has 1 atom stereocenters. The minimum Gasteiger partial charge on any atom is -0.486 e. The van der Waals surface area contributed by atoms with Crippen LogP contribution in [0.2, 0.25) is 0 Å². The molecule has 0 saturated carbocycles. The fourth-order valence-electron chi connectivity index (χ4n) is 1.98. The number of rotatable bonds is 5. The average molecular weight is 300 g/mol. The van der Waals surface area contributed by atoms with Gasteiger partial charge in [-0.25, -0.2) is 0 Å². The van der Waals surface area contributed by atoms with Crippen LogP contribution in [0.4, 0.5) is 11.4 Å². The molecule has 1 amide bonds. The molecule has 6 heteroatoms. The quantitative estimate of drug-likeness (QED) is 0.674. The van der Waals surface area contributed by atoms with E-state index < -0.39 is 4.92 Å². The topological polar surface area (TPSA) is 81.5 Å². The summed E-state index contributed by atoms with van der Waals surface area (Å²) in [6.07, 6.45) is -0.327. The average Bonchev–Trinajstić information content (AvgIpc) is 2.49. The molecule has 0 heterocycles. The predicted octanol–water partition coefficient (Wildman–Crippen LogP) is 3.69. The SMILES string of the molecule is CC(=O)Nc1ccc(O[C@@H](C)c2cccc([N+](=O)[O-])c2)cc1.